The van der Waals surface area contributed by atoms with E-state index in [2.05, 4.69) is 26.2 Å². The Hall–Kier alpha value is -1.59. The quantitative estimate of drug-likeness (QED) is 0.830. The number of benzene rings is 1. The highest BCUT2D eigenvalue weighted by molar-refractivity contribution is 9.10. The predicted octanol–water partition coefficient (Wildman–Crippen LogP) is 3.54. The molecule has 4 nitrogen and oxygen atoms in total. The van der Waals surface area contributed by atoms with Crippen LogP contribution in [0.15, 0.2) is 41.0 Å². The van der Waals surface area contributed by atoms with E-state index >= 15 is 0 Å². The lowest BCUT2D eigenvalue weighted by Crippen LogP contribution is -2.30. The van der Waals surface area contributed by atoms with Gasteiger partial charge in [-0.2, -0.15) is 0 Å². The SMILES string of the molecule is Cc1cc(Br)cc(Cl)c1OCC(=O)NCCc1ccccn1. The van der Waals surface area contributed by atoms with E-state index in [0.29, 0.717) is 23.7 Å². The van der Waals surface area contributed by atoms with E-state index < -0.39 is 0 Å². The minimum absolute atomic E-state index is 0.0651. The molecule has 22 heavy (non-hydrogen) atoms. The van der Waals surface area contributed by atoms with Crippen LogP contribution in [0, 0.1) is 6.92 Å². The summed E-state index contributed by atoms with van der Waals surface area (Å²) in [4.78, 5) is 16.0. The first-order valence-corrected chi connectivity index (χ1v) is 7.98. The van der Waals surface area contributed by atoms with Crippen LogP contribution < -0.4 is 10.1 Å². The number of nitrogens with zero attached hydrogens (tertiary/aromatic N) is 1. The van der Waals surface area contributed by atoms with Crippen LogP contribution in [-0.2, 0) is 11.2 Å². The molecular formula is C16H16BrClN2O2. The molecule has 116 valence electrons. The molecule has 0 fully saturated rings. The third kappa shape index (κ3) is 5.00. The number of nitrogens with one attached hydrogen (secondary N) is 1. The third-order valence-corrected chi connectivity index (χ3v) is 3.71. The van der Waals surface area contributed by atoms with Gasteiger partial charge in [-0.3, -0.25) is 9.78 Å². The lowest BCUT2D eigenvalue weighted by Gasteiger charge is -2.11. The number of carbonyl (C=O) groups excluding carboxylic acids is 1. The van der Waals surface area contributed by atoms with Crippen molar-refractivity contribution in [2.45, 2.75) is 13.3 Å². The Labute approximate surface area is 143 Å². The zero-order valence-electron chi connectivity index (χ0n) is 12.1. The van der Waals surface area contributed by atoms with Crippen molar-refractivity contribution in [2.24, 2.45) is 0 Å². The number of hydrogen-bond donors (Lipinski definition) is 1. The number of hydrogen-bond acceptors (Lipinski definition) is 3. The number of aromatic nitrogens is 1. The van der Waals surface area contributed by atoms with Gasteiger partial charge in [-0.25, -0.2) is 0 Å². The largest absolute Gasteiger partial charge is 0.482 e. The Morgan fingerprint density at radius 3 is 2.91 bits per heavy atom. The summed E-state index contributed by atoms with van der Waals surface area (Å²) in [5.41, 5.74) is 1.82. The Balaban J connectivity index is 1.79. The highest BCUT2D eigenvalue weighted by Crippen LogP contribution is 2.31. The predicted molar refractivity (Wildman–Crippen MR) is 90.3 cm³/mol. The summed E-state index contributed by atoms with van der Waals surface area (Å²) >= 11 is 9.47. The van der Waals surface area contributed by atoms with Crippen molar-refractivity contribution in [2.75, 3.05) is 13.2 Å². The van der Waals surface area contributed by atoms with Crippen molar-refractivity contribution < 1.29 is 9.53 Å². The maximum atomic E-state index is 11.8. The third-order valence-electron chi connectivity index (χ3n) is 2.97. The number of aryl methyl sites for hydroxylation is 1. The fourth-order valence-corrected chi connectivity index (χ4v) is 2.96. The molecule has 1 N–H and O–H groups in total. The fraction of sp³-hybridized carbons (Fsp3) is 0.250. The molecule has 1 aromatic heterocycles. The summed E-state index contributed by atoms with van der Waals surface area (Å²) in [6, 6.07) is 9.34. The molecule has 1 aromatic carbocycles. The Morgan fingerprint density at radius 1 is 1.41 bits per heavy atom. The molecule has 1 heterocycles. The normalized spacial score (nSPS) is 10.3. The molecular weight excluding hydrogens is 368 g/mol. The molecule has 0 radical (unpaired) electrons. The van der Waals surface area contributed by atoms with Crippen molar-refractivity contribution in [3.05, 3.63) is 57.3 Å². The number of pyridine rings is 1. The topological polar surface area (TPSA) is 51.2 Å². The second-order valence-corrected chi connectivity index (χ2v) is 6.07. The fourth-order valence-electron chi connectivity index (χ4n) is 1.94. The van der Waals surface area contributed by atoms with Gasteiger partial charge >= 0.3 is 0 Å². The molecule has 0 unspecified atom stereocenters. The summed E-state index contributed by atoms with van der Waals surface area (Å²) < 4.78 is 6.38. The molecule has 2 aromatic rings. The van der Waals surface area contributed by atoms with E-state index in [4.69, 9.17) is 16.3 Å². The van der Waals surface area contributed by atoms with Crippen LogP contribution in [0.1, 0.15) is 11.3 Å². The van der Waals surface area contributed by atoms with Gasteiger partial charge in [0, 0.05) is 29.3 Å². The first kappa shape index (κ1) is 16.8. The van der Waals surface area contributed by atoms with Gasteiger partial charge in [0.2, 0.25) is 0 Å². The molecule has 0 saturated carbocycles. The lowest BCUT2D eigenvalue weighted by atomic mass is 10.2. The van der Waals surface area contributed by atoms with Gasteiger partial charge in [-0.1, -0.05) is 33.6 Å². The van der Waals surface area contributed by atoms with Gasteiger partial charge < -0.3 is 10.1 Å². The smallest absolute Gasteiger partial charge is 0.257 e. The van der Waals surface area contributed by atoms with Crippen LogP contribution in [0.4, 0.5) is 0 Å². The molecule has 1 amide bonds. The summed E-state index contributed by atoms with van der Waals surface area (Å²) in [6.45, 7) is 2.33. The minimum atomic E-state index is -0.186. The number of halogens is 2. The highest BCUT2D eigenvalue weighted by atomic mass is 79.9. The average Bonchev–Trinajstić information content (AvgIpc) is 2.47. The number of carbonyl (C=O) groups is 1. The summed E-state index contributed by atoms with van der Waals surface area (Å²) in [5.74, 6) is 0.346. The van der Waals surface area contributed by atoms with E-state index in [-0.39, 0.29) is 12.5 Å². The average molecular weight is 384 g/mol. The molecule has 0 aliphatic rings. The molecule has 0 atom stereocenters. The number of rotatable bonds is 6. The molecule has 0 bridgehead atoms. The Kier molecular flexibility index (Phi) is 6.21. The monoisotopic (exact) mass is 382 g/mol. The summed E-state index contributed by atoms with van der Waals surface area (Å²) in [6.07, 6.45) is 2.42. The van der Waals surface area contributed by atoms with Crippen LogP contribution in [0.25, 0.3) is 0 Å². The highest BCUT2D eigenvalue weighted by Gasteiger charge is 2.09. The van der Waals surface area contributed by atoms with Crippen LogP contribution in [0.2, 0.25) is 5.02 Å². The molecule has 2 rings (SSSR count). The zero-order chi connectivity index (χ0) is 15.9. The standard InChI is InChI=1S/C16H16BrClN2O2/c1-11-8-12(17)9-14(18)16(11)22-10-15(21)20-7-5-13-4-2-3-6-19-13/h2-4,6,8-9H,5,7,10H2,1H3,(H,20,21). The minimum Gasteiger partial charge on any atom is -0.482 e. The van der Waals surface area contributed by atoms with Crippen molar-refractivity contribution >= 4 is 33.4 Å². The Bertz CT molecular complexity index is 627. The molecule has 0 aliphatic heterocycles. The van der Waals surface area contributed by atoms with Gasteiger partial charge in [0.15, 0.2) is 6.61 Å². The summed E-state index contributed by atoms with van der Waals surface area (Å²) in [5, 5.41) is 3.28. The first-order chi connectivity index (χ1) is 10.6. The maximum Gasteiger partial charge on any atom is 0.257 e. The van der Waals surface area contributed by atoms with Crippen molar-refractivity contribution in [1.29, 1.82) is 0 Å². The number of amides is 1. The van der Waals surface area contributed by atoms with E-state index in [1.54, 1.807) is 12.3 Å². The summed E-state index contributed by atoms with van der Waals surface area (Å²) in [7, 11) is 0. The van der Waals surface area contributed by atoms with Gasteiger partial charge in [-0.15, -0.1) is 0 Å². The van der Waals surface area contributed by atoms with Crippen molar-refractivity contribution in [1.82, 2.24) is 10.3 Å². The van der Waals surface area contributed by atoms with Crippen LogP contribution in [-0.4, -0.2) is 24.0 Å². The van der Waals surface area contributed by atoms with Crippen LogP contribution in [0.5, 0.6) is 5.75 Å². The molecule has 0 aliphatic carbocycles. The second kappa shape index (κ2) is 8.15. The molecule has 0 spiro atoms. The lowest BCUT2D eigenvalue weighted by molar-refractivity contribution is -0.123. The van der Waals surface area contributed by atoms with Gasteiger partial charge in [-0.05, 0) is 36.8 Å². The van der Waals surface area contributed by atoms with Crippen molar-refractivity contribution in [3.63, 3.8) is 0 Å². The van der Waals surface area contributed by atoms with Gasteiger partial charge in [0.25, 0.3) is 5.91 Å². The van der Waals surface area contributed by atoms with E-state index in [1.807, 2.05) is 31.2 Å². The maximum absolute atomic E-state index is 11.8. The zero-order valence-corrected chi connectivity index (χ0v) is 14.4. The van der Waals surface area contributed by atoms with Gasteiger partial charge in [0.05, 0.1) is 5.02 Å². The van der Waals surface area contributed by atoms with Crippen molar-refractivity contribution in [3.8, 4) is 5.75 Å². The molecule has 6 heteroatoms. The van der Waals surface area contributed by atoms with E-state index in [1.165, 1.54) is 0 Å². The first-order valence-electron chi connectivity index (χ1n) is 6.81. The molecule has 0 saturated heterocycles. The van der Waals surface area contributed by atoms with Crippen LogP contribution in [0.3, 0.4) is 0 Å². The van der Waals surface area contributed by atoms with E-state index in [0.717, 1.165) is 15.7 Å². The number of ether oxygens (including phenoxy) is 1. The van der Waals surface area contributed by atoms with Crippen LogP contribution >= 0.6 is 27.5 Å². The second-order valence-electron chi connectivity index (χ2n) is 4.74. The Morgan fingerprint density at radius 2 is 2.23 bits per heavy atom. The van der Waals surface area contributed by atoms with Gasteiger partial charge in [0.1, 0.15) is 5.75 Å². The van der Waals surface area contributed by atoms with E-state index in [9.17, 15) is 4.79 Å².